The first-order chi connectivity index (χ1) is 18.7. The summed E-state index contributed by atoms with van der Waals surface area (Å²) in [5, 5.41) is 6.19. The molecule has 2 atom stereocenters. The molecule has 208 valence electrons. The summed E-state index contributed by atoms with van der Waals surface area (Å²) in [6.45, 7) is 8.48. The van der Waals surface area contributed by atoms with Crippen LogP contribution in [0.15, 0.2) is 54.7 Å². The number of hydrogen-bond acceptors (Lipinski definition) is 5. The molecule has 0 bridgehead atoms. The highest BCUT2D eigenvalue weighted by molar-refractivity contribution is 5.93. The van der Waals surface area contributed by atoms with Crippen LogP contribution in [0.2, 0.25) is 0 Å². The maximum Gasteiger partial charge on any atom is 0.407 e. The molecule has 1 unspecified atom stereocenters. The van der Waals surface area contributed by atoms with Crippen LogP contribution in [-0.2, 0) is 11.3 Å². The van der Waals surface area contributed by atoms with Crippen molar-refractivity contribution in [3.05, 3.63) is 71.7 Å². The highest BCUT2D eigenvalue weighted by Gasteiger charge is 2.27. The van der Waals surface area contributed by atoms with Crippen molar-refractivity contribution in [3.8, 4) is 0 Å². The number of benzene rings is 1. The van der Waals surface area contributed by atoms with Gasteiger partial charge in [0.2, 0.25) is 0 Å². The Balaban J connectivity index is 1.20. The van der Waals surface area contributed by atoms with Crippen molar-refractivity contribution >= 4 is 17.6 Å². The summed E-state index contributed by atoms with van der Waals surface area (Å²) in [6.07, 6.45) is 7.48. The molecule has 0 spiro atoms. The summed E-state index contributed by atoms with van der Waals surface area (Å²) < 4.78 is 7.28. The minimum Gasteiger partial charge on any atom is -0.444 e. The smallest absolute Gasteiger partial charge is 0.407 e. The third-order valence-electron chi connectivity index (χ3n) is 7.78. The number of likely N-dealkylation sites (tertiary alicyclic amines) is 1. The SMILES string of the molecule is CC(C)(C)OC(=O)N[C@@H]1CCN(Cc2cn3c(C(=O)NCC(CC4CCC4)c4ccccc4)cccc3n2)C1. The maximum absolute atomic E-state index is 13.3. The van der Waals surface area contributed by atoms with Crippen LogP contribution in [0, 0.1) is 5.92 Å². The van der Waals surface area contributed by atoms with Crippen molar-refractivity contribution < 1.29 is 14.3 Å². The lowest BCUT2D eigenvalue weighted by Crippen LogP contribution is -2.40. The van der Waals surface area contributed by atoms with E-state index in [9.17, 15) is 9.59 Å². The van der Waals surface area contributed by atoms with E-state index in [-0.39, 0.29) is 18.0 Å². The molecular weight excluding hydrogens is 490 g/mol. The number of pyridine rings is 1. The number of carbonyl (C=O) groups is 2. The van der Waals surface area contributed by atoms with Crippen LogP contribution >= 0.6 is 0 Å². The van der Waals surface area contributed by atoms with Gasteiger partial charge in [-0.3, -0.25) is 14.1 Å². The van der Waals surface area contributed by atoms with E-state index in [4.69, 9.17) is 9.72 Å². The second-order valence-electron chi connectivity index (χ2n) is 12.1. The first-order valence-corrected chi connectivity index (χ1v) is 14.3. The van der Waals surface area contributed by atoms with Crippen molar-refractivity contribution in [2.45, 2.75) is 77.0 Å². The van der Waals surface area contributed by atoms with Crippen LogP contribution < -0.4 is 10.6 Å². The summed E-state index contributed by atoms with van der Waals surface area (Å²) in [4.78, 5) is 32.5. The summed E-state index contributed by atoms with van der Waals surface area (Å²) >= 11 is 0. The van der Waals surface area contributed by atoms with Gasteiger partial charge in [-0.2, -0.15) is 0 Å². The van der Waals surface area contributed by atoms with Crippen LogP contribution in [0.3, 0.4) is 0 Å². The molecule has 3 heterocycles. The largest absolute Gasteiger partial charge is 0.444 e. The van der Waals surface area contributed by atoms with Gasteiger partial charge in [0.15, 0.2) is 0 Å². The number of fused-ring (bicyclic) bond motifs is 1. The second-order valence-corrected chi connectivity index (χ2v) is 12.1. The van der Waals surface area contributed by atoms with Crippen LogP contribution in [0.25, 0.3) is 5.65 Å². The number of nitrogens with zero attached hydrogens (tertiary/aromatic N) is 3. The van der Waals surface area contributed by atoms with Gasteiger partial charge in [0.05, 0.1) is 5.69 Å². The van der Waals surface area contributed by atoms with Crippen molar-refractivity contribution in [1.82, 2.24) is 24.9 Å². The molecule has 2 fully saturated rings. The van der Waals surface area contributed by atoms with Gasteiger partial charge in [-0.1, -0.05) is 55.7 Å². The quantitative estimate of drug-likeness (QED) is 0.399. The molecule has 1 aliphatic heterocycles. The number of ether oxygens (including phenoxy) is 1. The Morgan fingerprint density at radius 1 is 1.08 bits per heavy atom. The molecule has 1 aromatic carbocycles. The van der Waals surface area contributed by atoms with E-state index in [0.29, 0.717) is 24.7 Å². The molecule has 0 radical (unpaired) electrons. The maximum atomic E-state index is 13.3. The highest BCUT2D eigenvalue weighted by Crippen LogP contribution is 2.35. The molecule has 2 N–H and O–H groups in total. The predicted molar refractivity (Wildman–Crippen MR) is 152 cm³/mol. The highest BCUT2D eigenvalue weighted by atomic mass is 16.6. The Kier molecular flexibility index (Phi) is 8.21. The number of hydrogen-bond donors (Lipinski definition) is 2. The number of carbonyl (C=O) groups excluding carboxylic acids is 2. The zero-order chi connectivity index (χ0) is 27.4. The fourth-order valence-electron chi connectivity index (χ4n) is 5.62. The van der Waals surface area contributed by atoms with Gasteiger partial charge in [-0.05, 0) is 57.2 Å². The lowest BCUT2D eigenvalue weighted by Gasteiger charge is -2.30. The minimum atomic E-state index is -0.512. The summed E-state index contributed by atoms with van der Waals surface area (Å²) in [5.74, 6) is 0.994. The standard InChI is InChI=1S/C31H41N5O3/c1-31(2,3)39-30(38)34-25-15-16-35(19-25)20-26-21-36-27(13-8-14-28(36)33-26)29(37)32-18-24(17-22-9-7-10-22)23-11-5-4-6-12-23/h4-6,8,11-14,21-22,24-25H,7,9-10,15-20H2,1-3H3,(H,32,37)(H,34,38)/t24?,25-/m1/s1. The van der Waals surface area contributed by atoms with E-state index < -0.39 is 5.60 Å². The summed E-state index contributed by atoms with van der Waals surface area (Å²) in [7, 11) is 0. The number of alkyl carbamates (subject to hydrolysis) is 1. The summed E-state index contributed by atoms with van der Waals surface area (Å²) in [5.41, 5.74) is 3.03. The van der Waals surface area contributed by atoms with Gasteiger partial charge in [0.1, 0.15) is 16.9 Å². The number of amides is 2. The van der Waals surface area contributed by atoms with Crippen molar-refractivity contribution in [1.29, 1.82) is 0 Å². The van der Waals surface area contributed by atoms with Gasteiger partial charge in [-0.15, -0.1) is 0 Å². The molecule has 2 aliphatic rings. The molecule has 5 rings (SSSR count). The fourth-order valence-corrected chi connectivity index (χ4v) is 5.62. The Morgan fingerprint density at radius 3 is 2.59 bits per heavy atom. The second kappa shape index (κ2) is 11.8. The monoisotopic (exact) mass is 531 g/mol. The van der Waals surface area contributed by atoms with Crippen LogP contribution in [0.1, 0.15) is 80.5 Å². The van der Waals surface area contributed by atoms with Crippen molar-refractivity contribution in [2.24, 2.45) is 5.92 Å². The van der Waals surface area contributed by atoms with E-state index in [1.807, 2.05) is 55.6 Å². The third kappa shape index (κ3) is 7.18. The Morgan fingerprint density at radius 2 is 1.87 bits per heavy atom. The molecule has 1 saturated heterocycles. The molecule has 39 heavy (non-hydrogen) atoms. The Hall–Kier alpha value is -3.39. The number of nitrogens with one attached hydrogen (secondary N) is 2. The van der Waals surface area contributed by atoms with E-state index in [0.717, 1.165) is 43.2 Å². The Labute approximate surface area is 231 Å². The molecule has 2 aromatic heterocycles. The zero-order valence-electron chi connectivity index (χ0n) is 23.4. The normalized spacial score (nSPS) is 19.0. The first kappa shape index (κ1) is 27.2. The van der Waals surface area contributed by atoms with Crippen LogP contribution in [0.5, 0.6) is 0 Å². The molecule has 8 heteroatoms. The van der Waals surface area contributed by atoms with E-state index in [1.165, 1.54) is 24.8 Å². The topological polar surface area (TPSA) is 88.0 Å². The lowest BCUT2D eigenvalue weighted by atomic mass is 9.77. The molecule has 1 saturated carbocycles. The molecular formula is C31H41N5O3. The van der Waals surface area contributed by atoms with Crippen molar-refractivity contribution in [2.75, 3.05) is 19.6 Å². The van der Waals surface area contributed by atoms with Crippen LogP contribution in [-0.4, -0.2) is 57.6 Å². The van der Waals surface area contributed by atoms with E-state index in [1.54, 1.807) is 0 Å². The number of rotatable bonds is 9. The third-order valence-corrected chi connectivity index (χ3v) is 7.78. The minimum absolute atomic E-state index is 0.0516. The van der Waals surface area contributed by atoms with Gasteiger partial charge >= 0.3 is 6.09 Å². The van der Waals surface area contributed by atoms with Gasteiger partial charge in [0.25, 0.3) is 5.91 Å². The van der Waals surface area contributed by atoms with Crippen LogP contribution in [0.4, 0.5) is 4.79 Å². The van der Waals surface area contributed by atoms with Crippen molar-refractivity contribution in [3.63, 3.8) is 0 Å². The van der Waals surface area contributed by atoms with E-state index >= 15 is 0 Å². The fraction of sp³-hybridized carbons (Fsp3) is 0.516. The average Bonchev–Trinajstić information content (AvgIpc) is 3.48. The zero-order valence-corrected chi connectivity index (χ0v) is 23.4. The molecule has 2 amide bonds. The molecule has 8 nitrogen and oxygen atoms in total. The number of aromatic nitrogens is 2. The average molecular weight is 532 g/mol. The predicted octanol–water partition coefficient (Wildman–Crippen LogP) is 5.14. The lowest BCUT2D eigenvalue weighted by molar-refractivity contribution is 0.0505. The first-order valence-electron chi connectivity index (χ1n) is 14.3. The van der Waals surface area contributed by atoms with Gasteiger partial charge in [-0.25, -0.2) is 9.78 Å². The van der Waals surface area contributed by atoms with Gasteiger partial charge < -0.3 is 15.4 Å². The number of imidazole rings is 1. The molecule has 1 aliphatic carbocycles. The summed E-state index contributed by atoms with van der Waals surface area (Å²) in [6, 6.07) is 16.3. The van der Waals surface area contributed by atoms with E-state index in [2.05, 4.69) is 39.8 Å². The molecule has 3 aromatic rings. The Bertz CT molecular complexity index is 1280. The van der Waals surface area contributed by atoms with Gasteiger partial charge in [0, 0.05) is 44.3 Å².